The number of carboxylic acid groups (broad SMARTS) is 1. The van der Waals surface area contributed by atoms with Crippen LogP contribution in [0.15, 0.2) is 138 Å². The molecule has 2 aromatic heterocycles. The number of nitrogens with one attached hydrogen (secondary N) is 1. The lowest BCUT2D eigenvalue weighted by Crippen LogP contribution is -2.22. The Morgan fingerprint density at radius 2 is 1.43 bits per heavy atom. The molecular weight excluding hydrogens is 610 g/mol. The maximum absolute atomic E-state index is 13.7. The van der Waals surface area contributed by atoms with Crippen LogP contribution in [0.4, 0.5) is 5.69 Å². The molecule has 0 saturated heterocycles. The first-order valence-electron chi connectivity index (χ1n) is 16.3. The van der Waals surface area contributed by atoms with E-state index in [0.29, 0.717) is 12.2 Å². The number of nitrogens with two attached hydrogens (primary N) is 1. The molecule has 0 radical (unpaired) electrons. The lowest BCUT2D eigenvalue weighted by molar-refractivity contribution is -0.134. The monoisotopic (exact) mass is 649 g/mol. The van der Waals surface area contributed by atoms with Crippen molar-refractivity contribution in [1.82, 2.24) is 14.5 Å². The molecule has 0 spiro atoms. The number of fused-ring (bicyclic) bond motifs is 2. The second-order valence-electron chi connectivity index (χ2n) is 11.9. The summed E-state index contributed by atoms with van der Waals surface area (Å²) in [6.07, 6.45) is 2.90. The number of H-pyrrole nitrogens is 1. The number of aryl methyl sites for hydroxylation is 1. The first-order valence-corrected chi connectivity index (χ1v) is 16.3. The van der Waals surface area contributed by atoms with E-state index in [-0.39, 0.29) is 5.56 Å². The molecule has 0 aliphatic rings. The maximum Gasteiger partial charge on any atom is 0.300 e. The molecule has 0 aliphatic carbocycles. The van der Waals surface area contributed by atoms with E-state index in [9.17, 15) is 4.79 Å². The molecule has 0 unspecified atom stereocenters. The second-order valence-corrected chi connectivity index (χ2v) is 11.9. The van der Waals surface area contributed by atoms with Gasteiger partial charge in [0.05, 0.1) is 11.0 Å². The van der Waals surface area contributed by atoms with E-state index in [2.05, 4.69) is 106 Å². The van der Waals surface area contributed by atoms with Crippen molar-refractivity contribution in [1.29, 1.82) is 0 Å². The van der Waals surface area contributed by atoms with Crippen molar-refractivity contribution in [2.24, 2.45) is 5.73 Å². The standard InChI is InChI=1S/C39H35N5O.C2H4O2/c40-21-10-22-43-27-34(38-39(45)42-36-23-31(17-19-35(36)41-38)30-15-8-3-9-16-30)33-24-32(18-20-37(33)43)44(25-28-11-4-1-5-12-28)26-29-13-6-2-7-14-29;1-2(3)4/h1-9,11-20,23-24,27H,10,21-22,25-26,40H2,(H,42,45);1H3,(H,3,4). The molecule has 0 fully saturated rings. The normalized spacial score (nSPS) is 10.9. The number of hydrogen-bond donors (Lipinski definition) is 3. The molecule has 0 amide bonds. The van der Waals surface area contributed by atoms with Crippen molar-refractivity contribution in [3.63, 3.8) is 0 Å². The largest absolute Gasteiger partial charge is 0.481 e. The first kappa shape index (κ1) is 32.9. The van der Waals surface area contributed by atoms with Gasteiger partial charge in [-0.15, -0.1) is 0 Å². The fourth-order valence-electron chi connectivity index (χ4n) is 6.04. The molecule has 0 saturated carbocycles. The molecule has 0 atom stereocenters. The zero-order valence-corrected chi connectivity index (χ0v) is 27.4. The van der Waals surface area contributed by atoms with Crippen molar-refractivity contribution >= 4 is 33.6 Å². The Bertz CT molecular complexity index is 2180. The van der Waals surface area contributed by atoms with Crippen LogP contribution >= 0.6 is 0 Å². The van der Waals surface area contributed by atoms with E-state index in [1.807, 2.05) is 42.5 Å². The van der Waals surface area contributed by atoms with Gasteiger partial charge in [-0.05, 0) is 65.6 Å². The first-order chi connectivity index (χ1) is 23.9. The third kappa shape index (κ3) is 7.94. The third-order valence-corrected chi connectivity index (χ3v) is 8.32. The zero-order chi connectivity index (χ0) is 34.2. The van der Waals surface area contributed by atoms with Crippen LogP contribution in [0.5, 0.6) is 0 Å². The number of hydrogen-bond acceptors (Lipinski definition) is 5. The van der Waals surface area contributed by atoms with Gasteiger partial charge in [0.25, 0.3) is 11.5 Å². The number of rotatable bonds is 10. The summed E-state index contributed by atoms with van der Waals surface area (Å²) in [5, 5.41) is 8.41. The topological polar surface area (TPSA) is 117 Å². The average Bonchev–Trinajstić information content (AvgIpc) is 3.48. The highest BCUT2D eigenvalue weighted by atomic mass is 16.4. The fourth-order valence-corrected chi connectivity index (χ4v) is 6.04. The van der Waals surface area contributed by atoms with Gasteiger partial charge in [0.1, 0.15) is 5.69 Å². The van der Waals surface area contributed by atoms with Crippen LogP contribution in [0.1, 0.15) is 24.5 Å². The van der Waals surface area contributed by atoms with Gasteiger partial charge in [-0.1, -0.05) is 97.1 Å². The Morgan fingerprint density at radius 1 is 0.816 bits per heavy atom. The van der Waals surface area contributed by atoms with Gasteiger partial charge in [0.15, 0.2) is 0 Å². The van der Waals surface area contributed by atoms with Crippen LogP contribution in [-0.4, -0.2) is 32.2 Å². The fraction of sp³-hybridized carbons (Fsp3) is 0.146. The van der Waals surface area contributed by atoms with Crippen molar-refractivity contribution < 1.29 is 9.90 Å². The number of aromatic amines is 1. The summed E-state index contributed by atoms with van der Waals surface area (Å²) >= 11 is 0. The van der Waals surface area contributed by atoms with E-state index in [4.69, 9.17) is 20.6 Å². The van der Waals surface area contributed by atoms with Crippen LogP contribution in [-0.2, 0) is 24.4 Å². The SMILES string of the molecule is CC(=O)O.NCCCn1cc(-c2nc3ccc(-c4ccccc4)cc3[nH]c2=O)c2cc(N(Cc3ccccc3)Cc3ccccc3)ccc21. The summed E-state index contributed by atoms with van der Waals surface area (Å²) in [4.78, 5) is 33.1. The second kappa shape index (κ2) is 15.3. The number of carbonyl (C=O) groups is 1. The van der Waals surface area contributed by atoms with Crippen molar-refractivity contribution in [2.45, 2.75) is 33.0 Å². The molecule has 246 valence electrons. The highest BCUT2D eigenvalue weighted by molar-refractivity contribution is 5.98. The van der Waals surface area contributed by atoms with Crippen LogP contribution < -0.4 is 16.2 Å². The minimum absolute atomic E-state index is 0.207. The highest BCUT2D eigenvalue weighted by Crippen LogP contribution is 2.34. The van der Waals surface area contributed by atoms with Crippen molar-refractivity contribution in [3.8, 4) is 22.4 Å². The predicted molar refractivity (Wildman–Crippen MR) is 198 cm³/mol. The summed E-state index contributed by atoms with van der Waals surface area (Å²) in [5.74, 6) is -0.833. The Labute approximate surface area is 285 Å². The van der Waals surface area contributed by atoms with Crippen LogP contribution in [0.2, 0.25) is 0 Å². The number of anilines is 1. The van der Waals surface area contributed by atoms with Crippen LogP contribution in [0.25, 0.3) is 44.3 Å². The molecule has 0 bridgehead atoms. The minimum Gasteiger partial charge on any atom is -0.481 e. The Kier molecular flexibility index (Phi) is 10.3. The summed E-state index contributed by atoms with van der Waals surface area (Å²) in [6.45, 7) is 3.94. The Morgan fingerprint density at radius 3 is 2.04 bits per heavy atom. The molecule has 0 aliphatic heterocycles. The number of carboxylic acids is 1. The van der Waals surface area contributed by atoms with Gasteiger partial charge < -0.3 is 25.3 Å². The smallest absolute Gasteiger partial charge is 0.300 e. The molecular formula is C41H39N5O3. The number of nitrogens with zero attached hydrogens (tertiary/aromatic N) is 3. The zero-order valence-electron chi connectivity index (χ0n) is 27.4. The molecule has 8 heteroatoms. The third-order valence-electron chi connectivity index (χ3n) is 8.32. The minimum atomic E-state index is -0.833. The van der Waals surface area contributed by atoms with Gasteiger partial charge in [0, 0.05) is 54.9 Å². The summed E-state index contributed by atoms with van der Waals surface area (Å²) < 4.78 is 2.20. The molecule has 8 nitrogen and oxygen atoms in total. The predicted octanol–water partition coefficient (Wildman–Crippen LogP) is 7.86. The molecule has 5 aromatic carbocycles. The van der Waals surface area contributed by atoms with Crippen LogP contribution in [0.3, 0.4) is 0 Å². The van der Waals surface area contributed by atoms with Gasteiger partial charge >= 0.3 is 0 Å². The van der Waals surface area contributed by atoms with E-state index in [1.54, 1.807) is 0 Å². The molecule has 7 aromatic rings. The Hall–Kier alpha value is -5.99. The molecule has 4 N–H and O–H groups in total. The maximum atomic E-state index is 13.7. The van der Waals surface area contributed by atoms with Crippen LogP contribution in [0, 0.1) is 0 Å². The van der Waals surface area contributed by atoms with Crippen molar-refractivity contribution in [3.05, 3.63) is 155 Å². The lowest BCUT2D eigenvalue weighted by Gasteiger charge is -2.26. The summed E-state index contributed by atoms with van der Waals surface area (Å²) in [6, 6.07) is 43.8. The molecule has 2 heterocycles. The quantitative estimate of drug-likeness (QED) is 0.139. The van der Waals surface area contributed by atoms with Gasteiger partial charge in [-0.25, -0.2) is 4.98 Å². The molecule has 7 rings (SSSR count). The Balaban J connectivity index is 0.000000989. The van der Waals surface area contributed by atoms with Gasteiger partial charge in [0.2, 0.25) is 0 Å². The van der Waals surface area contributed by atoms with E-state index in [0.717, 1.165) is 77.3 Å². The molecule has 49 heavy (non-hydrogen) atoms. The summed E-state index contributed by atoms with van der Waals surface area (Å²) in [7, 11) is 0. The lowest BCUT2D eigenvalue weighted by atomic mass is 10.0. The van der Waals surface area contributed by atoms with Gasteiger partial charge in [-0.3, -0.25) is 9.59 Å². The van der Waals surface area contributed by atoms with E-state index < -0.39 is 5.97 Å². The van der Waals surface area contributed by atoms with Gasteiger partial charge in [-0.2, -0.15) is 0 Å². The number of aliphatic carboxylic acids is 1. The van der Waals surface area contributed by atoms with E-state index >= 15 is 0 Å². The summed E-state index contributed by atoms with van der Waals surface area (Å²) in [5.41, 5.74) is 15.1. The van der Waals surface area contributed by atoms with E-state index in [1.165, 1.54) is 11.1 Å². The average molecular weight is 650 g/mol. The number of benzene rings is 5. The number of aromatic nitrogens is 3. The van der Waals surface area contributed by atoms with Crippen molar-refractivity contribution in [2.75, 3.05) is 11.4 Å². The highest BCUT2D eigenvalue weighted by Gasteiger charge is 2.18.